The van der Waals surface area contributed by atoms with Crippen molar-refractivity contribution in [3.63, 3.8) is 0 Å². The van der Waals surface area contributed by atoms with Crippen LogP contribution in [0.4, 0.5) is 15.9 Å². The first-order valence-corrected chi connectivity index (χ1v) is 11.3. The van der Waals surface area contributed by atoms with E-state index in [4.69, 9.17) is 11.6 Å². The summed E-state index contributed by atoms with van der Waals surface area (Å²) in [6.07, 6.45) is 5.78. The molecule has 0 unspecified atom stereocenters. The summed E-state index contributed by atoms with van der Waals surface area (Å²) in [6, 6.07) is 6.80. The SMILES string of the molecule is O=C(c1cnc(NCc2ccc(N3CCC(O)CC3)c(F)c2)c(Cl)c1)N1CCCCC1. The summed E-state index contributed by atoms with van der Waals surface area (Å²) in [5, 5.41) is 13.1. The molecule has 0 aliphatic carbocycles. The average Bonchev–Trinajstić information content (AvgIpc) is 2.79. The second kappa shape index (κ2) is 9.83. The van der Waals surface area contributed by atoms with Crippen molar-refractivity contribution in [3.8, 4) is 0 Å². The Labute approximate surface area is 187 Å². The lowest BCUT2D eigenvalue weighted by molar-refractivity contribution is 0.0724. The number of likely N-dealkylation sites (tertiary alicyclic amines) is 1. The Kier molecular flexibility index (Phi) is 6.92. The van der Waals surface area contributed by atoms with Crippen molar-refractivity contribution >= 4 is 29.0 Å². The Bertz CT molecular complexity index is 928. The zero-order valence-electron chi connectivity index (χ0n) is 17.5. The molecule has 166 valence electrons. The highest BCUT2D eigenvalue weighted by Gasteiger charge is 2.21. The molecule has 1 aromatic carbocycles. The summed E-state index contributed by atoms with van der Waals surface area (Å²) in [5.74, 6) is 0.145. The van der Waals surface area contributed by atoms with E-state index < -0.39 is 0 Å². The van der Waals surface area contributed by atoms with Gasteiger partial charge in [-0.05, 0) is 55.9 Å². The minimum absolute atomic E-state index is 0.0384. The van der Waals surface area contributed by atoms with Gasteiger partial charge < -0.3 is 20.2 Å². The van der Waals surface area contributed by atoms with E-state index in [2.05, 4.69) is 10.3 Å². The number of pyridine rings is 1. The predicted molar refractivity (Wildman–Crippen MR) is 120 cm³/mol. The lowest BCUT2D eigenvalue weighted by Crippen LogP contribution is -2.36. The zero-order chi connectivity index (χ0) is 21.8. The third-order valence-corrected chi connectivity index (χ3v) is 6.30. The van der Waals surface area contributed by atoms with Crippen LogP contribution in [0.3, 0.4) is 0 Å². The van der Waals surface area contributed by atoms with Gasteiger partial charge in [0.25, 0.3) is 5.91 Å². The van der Waals surface area contributed by atoms with E-state index in [9.17, 15) is 14.3 Å². The van der Waals surface area contributed by atoms with Gasteiger partial charge in [0.1, 0.15) is 11.6 Å². The number of piperidine rings is 2. The molecule has 0 radical (unpaired) electrons. The summed E-state index contributed by atoms with van der Waals surface area (Å²) in [7, 11) is 0. The molecule has 0 bridgehead atoms. The number of nitrogens with zero attached hydrogens (tertiary/aromatic N) is 3. The molecule has 2 N–H and O–H groups in total. The van der Waals surface area contributed by atoms with E-state index in [1.807, 2.05) is 15.9 Å². The zero-order valence-corrected chi connectivity index (χ0v) is 18.2. The van der Waals surface area contributed by atoms with Gasteiger partial charge in [-0.15, -0.1) is 0 Å². The Morgan fingerprint density at radius 2 is 1.90 bits per heavy atom. The van der Waals surface area contributed by atoms with Gasteiger partial charge in [0.2, 0.25) is 0 Å². The summed E-state index contributed by atoms with van der Waals surface area (Å²) >= 11 is 6.35. The third kappa shape index (κ3) is 5.28. The number of halogens is 2. The van der Waals surface area contributed by atoms with Crippen molar-refractivity contribution in [1.29, 1.82) is 0 Å². The monoisotopic (exact) mass is 446 g/mol. The van der Waals surface area contributed by atoms with Crippen LogP contribution in [0.1, 0.15) is 48.0 Å². The van der Waals surface area contributed by atoms with Gasteiger partial charge in [0.05, 0.1) is 22.4 Å². The number of rotatable bonds is 5. The Morgan fingerprint density at radius 3 is 2.58 bits per heavy atom. The highest BCUT2D eigenvalue weighted by Crippen LogP contribution is 2.26. The minimum atomic E-state index is -0.290. The number of aliphatic hydroxyl groups is 1. The number of benzene rings is 1. The highest BCUT2D eigenvalue weighted by molar-refractivity contribution is 6.33. The molecule has 4 rings (SSSR count). The number of hydrogen-bond acceptors (Lipinski definition) is 5. The molecule has 3 heterocycles. The maximum atomic E-state index is 14.6. The van der Waals surface area contributed by atoms with Gasteiger partial charge >= 0.3 is 0 Å². The topological polar surface area (TPSA) is 68.7 Å². The van der Waals surface area contributed by atoms with E-state index in [1.165, 1.54) is 6.07 Å². The van der Waals surface area contributed by atoms with Crippen LogP contribution in [0, 0.1) is 5.82 Å². The van der Waals surface area contributed by atoms with Gasteiger partial charge in [-0.25, -0.2) is 9.37 Å². The molecule has 2 aliphatic rings. The van der Waals surface area contributed by atoms with Crippen molar-refractivity contribution in [1.82, 2.24) is 9.88 Å². The van der Waals surface area contributed by atoms with Crippen molar-refractivity contribution in [2.75, 3.05) is 36.4 Å². The first kappa shape index (κ1) is 21.8. The second-order valence-corrected chi connectivity index (χ2v) is 8.67. The van der Waals surface area contributed by atoms with E-state index >= 15 is 0 Å². The van der Waals surface area contributed by atoms with E-state index in [1.54, 1.807) is 18.3 Å². The lowest BCUT2D eigenvalue weighted by atomic mass is 10.1. The van der Waals surface area contributed by atoms with E-state index in [-0.39, 0.29) is 17.8 Å². The summed E-state index contributed by atoms with van der Waals surface area (Å²) in [4.78, 5) is 20.7. The molecule has 1 aromatic heterocycles. The molecule has 31 heavy (non-hydrogen) atoms. The molecular formula is C23H28ClFN4O2. The number of nitrogens with one attached hydrogen (secondary N) is 1. The molecule has 0 atom stereocenters. The number of aliphatic hydroxyl groups excluding tert-OH is 1. The Hall–Kier alpha value is -2.38. The van der Waals surface area contributed by atoms with Crippen LogP contribution in [-0.2, 0) is 6.54 Å². The molecular weight excluding hydrogens is 419 g/mol. The van der Waals surface area contributed by atoms with Crippen LogP contribution in [0.5, 0.6) is 0 Å². The van der Waals surface area contributed by atoms with Crippen LogP contribution in [0.2, 0.25) is 5.02 Å². The molecule has 2 fully saturated rings. The maximum Gasteiger partial charge on any atom is 0.255 e. The minimum Gasteiger partial charge on any atom is -0.393 e. The Balaban J connectivity index is 1.37. The largest absolute Gasteiger partial charge is 0.393 e. The van der Waals surface area contributed by atoms with Gasteiger partial charge in [-0.3, -0.25) is 4.79 Å². The van der Waals surface area contributed by atoms with Crippen molar-refractivity contribution in [2.24, 2.45) is 0 Å². The van der Waals surface area contributed by atoms with Crippen molar-refractivity contribution in [3.05, 3.63) is 52.4 Å². The average molecular weight is 447 g/mol. The smallest absolute Gasteiger partial charge is 0.255 e. The summed E-state index contributed by atoms with van der Waals surface area (Å²) < 4.78 is 14.6. The normalized spacial score (nSPS) is 17.6. The number of carbonyl (C=O) groups excluding carboxylic acids is 1. The molecule has 0 saturated carbocycles. The quantitative estimate of drug-likeness (QED) is 0.724. The van der Waals surface area contributed by atoms with Crippen LogP contribution in [0.15, 0.2) is 30.5 Å². The Morgan fingerprint density at radius 1 is 1.16 bits per heavy atom. The van der Waals surface area contributed by atoms with Crippen molar-refractivity contribution < 1.29 is 14.3 Å². The number of carbonyl (C=O) groups is 1. The fourth-order valence-electron chi connectivity index (χ4n) is 4.17. The number of aromatic nitrogens is 1. The molecule has 8 heteroatoms. The first-order valence-electron chi connectivity index (χ1n) is 10.9. The van der Waals surface area contributed by atoms with Gasteiger partial charge in [-0.2, -0.15) is 0 Å². The van der Waals surface area contributed by atoms with E-state index in [0.717, 1.165) is 37.9 Å². The van der Waals surface area contributed by atoms with Crippen molar-refractivity contribution in [2.45, 2.75) is 44.8 Å². The lowest BCUT2D eigenvalue weighted by Gasteiger charge is -2.31. The fourth-order valence-corrected chi connectivity index (χ4v) is 4.41. The molecule has 6 nitrogen and oxygen atoms in total. The van der Waals surface area contributed by atoms with E-state index in [0.29, 0.717) is 54.6 Å². The van der Waals surface area contributed by atoms with Crippen LogP contribution < -0.4 is 10.2 Å². The maximum absolute atomic E-state index is 14.6. The highest BCUT2D eigenvalue weighted by atomic mass is 35.5. The molecule has 2 aromatic rings. The number of amides is 1. The van der Waals surface area contributed by atoms with Crippen LogP contribution in [0.25, 0.3) is 0 Å². The molecule has 1 amide bonds. The standard InChI is InChI=1S/C23H28ClFN4O2/c24-19-13-17(23(31)29-8-2-1-3-9-29)15-27-22(19)26-14-16-4-5-21(20(25)12-16)28-10-6-18(30)7-11-28/h4-5,12-13,15,18,30H,1-3,6-11,14H2,(H,26,27). The van der Waals surface area contributed by atoms with Gasteiger partial charge in [0.15, 0.2) is 0 Å². The fraction of sp³-hybridized carbons (Fsp3) is 0.478. The predicted octanol–water partition coefficient (Wildman–Crippen LogP) is 4.07. The second-order valence-electron chi connectivity index (χ2n) is 8.26. The molecule has 2 saturated heterocycles. The summed E-state index contributed by atoms with van der Waals surface area (Å²) in [5.41, 5.74) is 1.82. The van der Waals surface area contributed by atoms with Crippen LogP contribution >= 0.6 is 11.6 Å². The van der Waals surface area contributed by atoms with Crippen LogP contribution in [-0.4, -0.2) is 53.2 Å². The molecule has 0 spiro atoms. The van der Waals surface area contributed by atoms with Gasteiger partial charge in [-0.1, -0.05) is 17.7 Å². The first-order chi connectivity index (χ1) is 15.0. The third-order valence-electron chi connectivity index (χ3n) is 6.01. The van der Waals surface area contributed by atoms with Gasteiger partial charge in [0, 0.05) is 38.9 Å². The molecule has 2 aliphatic heterocycles. The number of anilines is 2. The number of hydrogen-bond donors (Lipinski definition) is 2. The summed E-state index contributed by atoms with van der Waals surface area (Å²) in [6.45, 7) is 3.21.